The summed E-state index contributed by atoms with van der Waals surface area (Å²) < 4.78 is 0. The number of hydrogen-bond donors (Lipinski definition) is 2. The molecule has 0 spiro atoms. The van der Waals surface area contributed by atoms with Crippen LogP contribution in [0.3, 0.4) is 0 Å². The predicted octanol–water partition coefficient (Wildman–Crippen LogP) is 1.44. The number of nitrogens with one attached hydrogen (secondary N) is 1. The highest BCUT2D eigenvalue weighted by Gasteiger charge is 2.17. The Kier molecular flexibility index (Phi) is 2.71. The van der Waals surface area contributed by atoms with Crippen molar-refractivity contribution in [3.63, 3.8) is 0 Å². The van der Waals surface area contributed by atoms with Crippen LogP contribution < -0.4 is 10.6 Å². The number of fused-ring (bicyclic) bond motifs is 1. The van der Waals surface area contributed by atoms with Gasteiger partial charge in [0, 0.05) is 36.3 Å². The predicted molar refractivity (Wildman–Crippen MR) is 73.2 cm³/mol. The first-order chi connectivity index (χ1) is 8.75. The number of anilines is 1. The maximum Gasteiger partial charge on any atom is 0.256 e. The molecule has 5 nitrogen and oxygen atoms in total. The van der Waals surface area contributed by atoms with Gasteiger partial charge in [0.25, 0.3) is 5.91 Å². The minimum atomic E-state index is -0.371. The fourth-order valence-electron chi connectivity index (χ4n) is 2.02. The van der Waals surface area contributed by atoms with Crippen molar-refractivity contribution in [3.8, 4) is 0 Å². The van der Waals surface area contributed by atoms with Crippen molar-refractivity contribution in [2.24, 2.45) is 5.73 Å². The van der Waals surface area contributed by atoms with E-state index in [1.54, 1.807) is 6.20 Å². The lowest BCUT2D eigenvalue weighted by molar-refractivity contribution is -0.113. The first kappa shape index (κ1) is 11.2. The molecule has 2 aromatic heterocycles. The summed E-state index contributed by atoms with van der Waals surface area (Å²) in [5.74, 6) is 0.479. The summed E-state index contributed by atoms with van der Waals surface area (Å²) >= 11 is 1.50. The van der Waals surface area contributed by atoms with Crippen LogP contribution in [-0.2, 0) is 4.79 Å². The lowest BCUT2D eigenvalue weighted by Crippen LogP contribution is -2.27. The van der Waals surface area contributed by atoms with E-state index in [1.807, 2.05) is 24.5 Å². The highest BCUT2D eigenvalue weighted by Crippen LogP contribution is 2.30. The second kappa shape index (κ2) is 4.38. The Morgan fingerprint density at radius 2 is 2.39 bits per heavy atom. The molecule has 92 valence electrons. The van der Waals surface area contributed by atoms with Gasteiger partial charge in [-0.15, -0.1) is 11.8 Å². The van der Waals surface area contributed by atoms with Gasteiger partial charge in [0.1, 0.15) is 5.65 Å². The highest BCUT2D eigenvalue weighted by molar-refractivity contribution is 8.04. The maximum atomic E-state index is 11.2. The van der Waals surface area contributed by atoms with Gasteiger partial charge in [-0.3, -0.25) is 4.79 Å². The zero-order valence-corrected chi connectivity index (χ0v) is 10.4. The summed E-state index contributed by atoms with van der Waals surface area (Å²) in [4.78, 5) is 21.2. The normalized spacial score (nSPS) is 15.8. The molecule has 0 atom stereocenters. The second-order valence-electron chi connectivity index (χ2n) is 3.97. The molecule has 0 radical (unpaired) electrons. The van der Waals surface area contributed by atoms with E-state index in [4.69, 9.17) is 5.73 Å². The maximum absolute atomic E-state index is 11.2. The number of rotatable bonds is 2. The van der Waals surface area contributed by atoms with Crippen LogP contribution in [0.1, 0.15) is 0 Å². The summed E-state index contributed by atoms with van der Waals surface area (Å²) in [5, 5.41) is 1.05. The number of carbonyl (C=O) groups excluding carboxylic acids is 1. The number of nitrogens with zero attached hydrogens (tertiary/aromatic N) is 2. The molecule has 18 heavy (non-hydrogen) atoms. The van der Waals surface area contributed by atoms with E-state index in [2.05, 4.69) is 14.9 Å². The Morgan fingerprint density at radius 3 is 3.22 bits per heavy atom. The number of thioether (sulfide) groups is 1. The van der Waals surface area contributed by atoms with Gasteiger partial charge >= 0.3 is 0 Å². The quantitative estimate of drug-likeness (QED) is 0.857. The minimum Gasteiger partial charge on any atom is -0.365 e. The van der Waals surface area contributed by atoms with Crippen LogP contribution in [0.2, 0.25) is 0 Å². The monoisotopic (exact) mass is 260 g/mol. The zero-order chi connectivity index (χ0) is 12.5. The Bertz CT molecular complexity index is 634. The molecule has 0 saturated heterocycles. The second-order valence-corrected chi connectivity index (χ2v) is 5.11. The summed E-state index contributed by atoms with van der Waals surface area (Å²) in [7, 11) is 0. The number of pyridine rings is 1. The fraction of sp³-hybridized carbons (Fsp3) is 0.167. The van der Waals surface area contributed by atoms with E-state index >= 15 is 0 Å². The van der Waals surface area contributed by atoms with Crippen molar-refractivity contribution in [1.29, 1.82) is 0 Å². The number of H-pyrrole nitrogens is 1. The molecule has 0 saturated carbocycles. The number of aromatic nitrogens is 2. The molecular formula is C12H12N4OS. The van der Waals surface area contributed by atoms with E-state index in [1.165, 1.54) is 11.8 Å². The summed E-state index contributed by atoms with van der Waals surface area (Å²) in [6.07, 6.45) is 5.44. The fourth-order valence-corrected chi connectivity index (χ4v) is 2.87. The van der Waals surface area contributed by atoms with E-state index in [-0.39, 0.29) is 5.91 Å². The van der Waals surface area contributed by atoms with E-state index < -0.39 is 0 Å². The molecule has 3 heterocycles. The third-order valence-electron chi connectivity index (χ3n) is 2.85. The number of amides is 1. The van der Waals surface area contributed by atoms with Crippen LogP contribution in [0.15, 0.2) is 35.6 Å². The van der Waals surface area contributed by atoms with Crippen LogP contribution in [0, 0.1) is 0 Å². The molecule has 1 aliphatic heterocycles. The Morgan fingerprint density at radius 1 is 1.50 bits per heavy atom. The van der Waals surface area contributed by atoms with Crippen molar-refractivity contribution < 1.29 is 4.79 Å². The molecule has 0 aromatic carbocycles. The van der Waals surface area contributed by atoms with Gasteiger partial charge in [-0.25, -0.2) is 4.98 Å². The van der Waals surface area contributed by atoms with Crippen molar-refractivity contribution in [2.45, 2.75) is 0 Å². The smallest absolute Gasteiger partial charge is 0.256 e. The van der Waals surface area contributed by atoms with E-state index in [0.717, 1.165) is 29.0 Å². The SMILES string of the molecule is NC(=O)C1=CN(c2ccnc3[nH]ccc23)CCS1. The molecule has 1 aliphatic rings. The third-order valence-corrected chi connectivity index (χ3v) is 3.86. The summed E-state index contributed by atoms with van der Waals surface area (Å²) in [6.45, 7) is 0.853. The zero-order valence-electron chi connectivity index (χ0n) is 9.59. The number of aromatic amines is 1. The number of carbonyl (C=O) groups is 1. The van der Waals surface area contributed by atoms with Crippen LogP contribution in [0.4, 0.5) is 5.69 Å². The standard InChI is InChI=1S/C12H12N4OS/c13-11(17)10-7-16(5-6-18-10)9-2-4-15-12-8(9)1-3-14-12/h1-4,7H,5-6H2,(H2,13,17)(H,14,15). The Balaban J connectivity index is 2.06. The molecule has 1 amide bonds. The first-order valence-electron chi connectivity index (χ1n) is 5.59. The van der Waals surface area contributed by atoms with Gasteiger partial charge in [-0.2, -0.15) is 0 Å². The lowest BCUT2D eigenvalue weighted by atomic mass is 10.2. The number of nitrogens with two attached hydrogens (primary N) is 1. The van der Waals surface area contributed by atoms with Crippen LogP contribution in [0.5, 0.6) is 0 Å². The van der Waals surface area contributed by atoms with Crippen LogP contribution >= 0.6 is 11.8 Å². The average molecular weight is 260 g/mol. The number of primary amides is 1. The number of hydrogen-bond acceptors (Lipinski definition) is 4. The van der Waals surface area contributed by atoms with Crippen molar-refractivity contribution >= 4 is 34.4 Å². The molecule has 0 aliphatic carbocycles. The van der Waals surface area contributed by atoms with Crippen LogP contribution in [-0.4, -0.2) is 28.2 Å². The Hall–Kier alpha value is -1.95. The molecule has 3 N–H and O–H groups in total. The van der Waals surface area contributed by atoms with E-state index in [9.17, 15) is 4.79 Å². The minimum absolute atomic E-state index is 0.371. The Labute approximate surface area is 108 Å². The molecule has 6 heteroatoms. The van der Waals surface area contributed by atoms with Gasteiger partial charge in [0.15, 0.2) is 0 Å². The topological polar surface area (TPSA) is 75.0 Å². The van der Waals surface area contributed by atoms with Crippen molar-refractivity contribution in [1.82, 2.24) is 9.97 Å². The van der Waals surface area contributed by atoms with Crippen LogP contribution in [0.25, 0.3) is 11.0 Å². The molecule has 0 unspecified atom stereocenters. The molecule has 0 bridgehead atoms. The summed E-state index contributed by atoms with van der Waals surface area (Å²) in [6, 6.07) is 3.93. The van der Waals surface area contributed by atoms with Gasteiger partial charge in [0.2, 0.25) is 0 Å². The average Bonchev–Trinajstić information content (AvgIpc) is 2.87. The van der Waals surface area contributed by atoms with Gasteiger partial charge in [0.05, 0.1) is 10.6 Å². The van der Waals surface area contributed by atoms with Gasteiger partial charge < -0.3 is 15.6 Å². The summed E-state index contributed by atoms with van der Waals surface area (Å²) in [5.41, 5.74) is 7.22. The van der Waals surface area contributed by atoms with Gasteiger partial charge in [-0.05, 0) is 12.1 Å². The van der Waals surface area contributed by atoms with E-state index in [0.29, 0.717) is 4.91 Å². The van der Waals surface area contributed by atoms with Crippen molar-refractivity contribution in [3.05, 3.63) is 35.6 Å². The third kappa shape index (κ3) is 1.84. The first-order valence-corrected chi connectivity index (χ1v) is 6.57. The highest BCUT2D eigenvalue weighted by atomic mass is 32.2. The molecule has 0 fully saturated rings. The molecule has 3 rings (SSSR count). The van der Waals surface area contributed by atoms with Crippen molar-refractivity contribution in [2.75, 3.05) is 17.2 Å². The molecular weight excluding hydrogens is 248 g/mol. The molecule has 2 aromatic rings. The lowest BCUT2D eigenvalue weighted by Gasteiger charge is -2.25. The van der Waals surface area contributed by atoms with Gasteiger partial charge in [-0.1, -0.05) is 0 Å². The largest absolute Gasteiger partial charge is 0.365 e.